The van der Waals surface area contributed by atoms with Crippen LogP contribution in [0.1, 0.15) is 62.8 Å². The van der Waals surface area contributed by atoms with Gasteiger partial charge in [0.25, 0.3) is 0 Å². The largest absolute Gasteiger partial charge is 0.493 e. The molecule has 6 heteroatoms. The van der Waals surface area contributed by atoms with Crippen LogP contribution in [0.4, 0.5) is 0 Å². The molecule has 0 aliphatic heterocycles. The summed E-state index contributed by atoms with van der Waals surface area (Å²) in [5.41, 5.74) is 4.06. The lowest BCUT2D eigenvalue weighted by Crippen LogP contribution is -2.11. The first-order valence-electron chi connectivity index (χ1n) is 13.7. The summed E-state index contributed by atoms with van der Waals surface area (Å²) >= 11 is 0. The van der Waals surface area contributed by atoms with Gasteiger partial charge in [0, 0.05) is 0 Å². The molecule has 0 N–H and O–H groups in total. The maximum atomic E-state index is 6.04. The van der Waals surface area contributed by atoms with E-state index in [4.69, 9.17) is 28.4 Å². The Kier molecular flexibility index (Phi) is 11.4. The van der Waals surface area contributed by atoms with E-state index in [2.05, 4.69) is 50.3 Å². The molecule has 0 saturated carbocycles. The fourth-order valence-electron chi connectivity index (χ4n) is 3.90. The zero-order valence-corrected chi connectivity index (χ0v) is 24.9. The van der Waals surface area contributed by atoms with E-state index >= 15 is 0 Å². The van der Waals surface area contributed by atoms with Gasteiger partial charge in [0.2, 0.25) is 11.5 Å². The van der Waals surface area contributed by atoms with Gasteiger partial charge in [-0.15, -0.1) is 0 Å². The molecule has 0 heterocycles. The van der Waals surface area contributed by atoms with Gasteiger partial charge in [0.1, 0.15) is 0 Å². The Hall–Kier alpha value is -4.06. The normalized spacial score (nSPS) is 12.8. The van der Waals surface area contributed by atoms with Crippen molar-refractivity contribution in [2.75, 3.05) is 28.4 Å². The van der Waals surface area contributed by atoms with Crippen molar-refractivity contribution in [1.82, 2.24) is 0 Å². The van der Waals surface area contributed by atoms with Crippen LogP contribution in [-0.2, 0) is 0 Å². The summed E-state index contributed by atoms with van der Waals surface area (Å²) < 4.78 is 34.5. The molecule has 0 fully saturated rings. The third kappa shape index (κ3) is 7.98. The Morgan fingerprint density at radius 2 is 0.775 bits per heavy atom. The summed E-state index contributed by atoms with van der Waals surface area (Å²) in [5, 5.41) is 0. The maximum absolute atomic E-state index is 6.04. The fraction of sp³-hybridized carbons (Fsp3) is 0.353. The van der Waals surface area contributed by atoms with Crippen molar-refractivity contribution in [1.29, 1.82) is 0 Å². The van der Waals surface area contributed by atoms with Crippen LogP contribution in [0.15, 0.2) is 48.5 Å². The van der Waals surface area contributed by atoms with Crippen LogP contribution in [0.3, 0.4) is 0 Å². The highest BCUT2D eigenvalue weighted by Gasteiger charge is 2.17. The second-order valence-corrected chi connectivity index (χ2v) is 9.52. The van der Waals surface area contributed by atoms with Crippen LogP contribution in [-0.4, -0.2) is 40.6 Å². The van der Waals surface area contributed by atoms with Crippen molar-refractivity contribution in [2.24, 2.45) is 0 Å². The Labute approximate surface area is 239 Å². The molecule has 0 bridgehead atoms. The predicted octanol–water partition coefficient (Wildman–Crippen LogP) is 8.42. The molecular formula is C34H42O6. The van der Waals surface area contributed by atoms with Gasteiger partial charge in [-0.05, 0) is 73.2 Å². The topological polar surface area (TPSA) is 55.4 Å². The Morgan fingerprint density at radius 3 is 1.02 bits per heavy atom. The molecular weight excluding hydrogens is 504 g/mol. The van der Waals surface area contributed by atoms with Crippen molar-refractivity contribution in [3.8, 4) is 34.5 Å². The standard InChI is InChI=1S/C34H42O6/c1-9-23(3)39-33-29(35-5)19-27(20-30(33)36-6)17-15-25-11-13-26(14-12-25)16-18-28-21-31(37-7)34(32(22-28)38-8)40-24(4)10-2/h11-24H,9-10H2,1-8H3/b17-15+,18-16?. The molecule has 0 aromatic heterocycles. The lowest BCUT2D eigenvalue weighted by atomic mass is 10.1. The zero-order chi connectivity index (χ0) is 29.1. The van der Waals surface area contributed by atoms with E-state index < -0.39 is 0 Å². The van der Waals surface area contributed by atoms with Crippen molar-refractivity contribution >= 4 is 24.3 Å². The summed E-state index contributed by atoms with van der Waals surface area (Å²) in [4.78, 5) is 0. The lowest BCUT2D eigenvalue weighted by molar-refractivity contribution is 0.198. The Balaban J connectivity index is 1.77. The first-order valence-corrected chi connectivity index (χ1v) is 13.7. The number of benzene rings is 3. The predicted molar refractivity (Wildman–Crippen MR) is 164 cm³/mol. The van der Waals surface area contributed by atoms with E-state index in [0.717, 1.165) is 35.1 Å². The van der Waals surface area contributed by atoms with Crippen LogP contribution in [0.2, 0.25) is 0 Å². The Bertz CT molecular complexity index is 1140. The summed E-state index contributed by atoms with van der Waals surface area (Å²) in [6.45, 7) is 8.21. The molecule has 0 radical (unpaired) electrons. The molecule has 0 aliphatic carbocycles. The van der Waals surface area contributed by atoms with Gasteiger partial charge < -0.3 is 28.4 Å². The van der Waals surface area contributed by atoms with E-state index in [-0.39, 0.29) is 12.2 Å². The van der Waals surface area contributed by atoms with Crippen molar-refractivity contribution in [3.05, 3.63) is 70.8 Å². The molecule has 214 valence electrons. The SMILES string of the molecule is CCC(C)Oc1c(OC)cc(C=Cc2ccc(/C=C/c3cc(OC)c(OC(C)CC)c(OC)c3)cc2)cc1OC. The minimum absolute atomic E-state index is 0.0591. The number of methoxy groups -OCH3 is 4. The molecule has 0 saturated heterocycles. The minimum Gasteiger partial charge on any atom is -0.493 e. The Morgan fingerprint density at radius 1 is 0.500 bits per heavy atom. The second-order valence-electron chi connectivity index (χ2n) is 9.52. The zero-order valence-electron chi connectivity index (χ0n) is 24.9. The lowest BCUT2D eigenvalue weighted by Gasteiger charge is -2.18. The molecule has 6 nitrogen and oxygen atoms in total. The van der Waals surface area contributed by atoms with Gasteiger partial charge in [-0.2, -0.15) is 0 Å². The van der Waals surface area contributed by atoms with E-state index in [1.165, 1.54) is 0 Å². The van der Waals surface area contributed by atoms with Crippen LogP contribution in [0.5, 0.6) is 34.5 Å². The monoisotopic (exact) mass is 546 g/mol. The van der Waals surface area contributed by atoms with Gasteiger partial charge in [-0.1, -0.05) is 62.4 Å². The summed E-state index contributed by atoms with van der Waals surface area (Å²) in [6, 6.07) is 16.1. The molecule has 0 spiro atoms. The van der Waals surface area contributed by atoms with Crippen LogP contribution >= 0.6 is 0 Å². The highest BCUT2D eigenvalue weighted by molar-refractivity contribution is 5.75. The average Bonchev–Trinajstić information content (AvgIpc) is 2.99. The van der Waals surface area contributed by atoms with Crippen LogP contribution in [0.25, 0.3) is 24.3 Å². The van der Waals surface area contributed by atoms with Crippen molar-refractivity contribution in [3.63, 3.8) is 0 Å². The third-order valence-electron chi connectivity index (χ3n) is 6.63. The summed E-state index contributed by atoms with van der Waals surface area (Å²) in [6.07, 6.45) is 10.1. The van der Waals surface area contributed by atoms with Crippen molar-refractivity contribution in [2.45, 2.75) is 52.7 Å². The maximum Gasteiger partial charge on any atom is 0.203 e. The molecule has 3 aromatic carbocycles. The smallest absolute Gasteiger partial charge is 0.203 e. The third-order valence-corrected chi connectivity index (χ3v) is 6.63. The van der Waals surface area contributed by atoms with E-state index in [1.807, 2.05) is 50.3 Å². The quantitative estimate of drug-likeness (QED) is 0.189. The van der Waals surface area contributed by atoms with E-state index in [1.54, 1.807) is 28.4 Å². The van der Waals surface area contributed by atoms with Crippen molar-refractivity contribution < 1.29 is 28.4 Å². The number of rotatable bonds is 14. The van der Waals surface area contributed by atoms with E-state index in [0.29, 0.717) is 34.5 Å². The number of hydrogen-bond acceptors (Lipinski definition) is 6. The molecule has 3 aromatic rings. The number of ether oxygens (including phenoxy) is 6. The average molecular weight is 547 g/mol. The van der Waals surface area contributed by atoms with Gasteiger partial charge in [0.05, 0.1) is 40.6 Å². The highest BCUT2D eigenvalue weighted by Crippen LogP contribution is 2.41. The van der Waals surface area contributed by atoms with Crippen LogP contribution < -0.4 is 28.4 Å². The van der Waals surface area contributed by atoms with Crippen LogP contribution in [0, 0.1) is 0 Å². The molecule has 0 amide bonds. The second kappa shape index (κ2) is 14.9. The molecule has 40 heavy (non-hydrogen) atoms. The molecule has 2 unspecified atom stereocenters. The van der Waals surface area contributed by atoms with Gasteiger partial charge in [0.15, 0.2) is 23.0 Å². The van der Waals surface area contributed by atoms with Gasteiger partial charge in [-0.3, -0.25) is 0 Å². The number of hydrogen-bond donors (Lipinski definition) is 0. The molecule has 0 aliphatic rings. The minimum atomic E-state index is 0.0591. The van der Waals surface area contributed by atoms with E-state index in [9.17, 15) is 0 Å². The summed E-state index contributed by atoms with van der Waals surface area (Å²) in [7, 11) is 6.55. The molecule has 3 rings (SSSR count). The molecule has 2 atom stereocenters. The van der Waals surface area contributed by atoms with Gasteiger partial charge in [-0.25, -0.2) is 0 Å². The highest BCUT2D eigenvalue weighted by atomic mass is 16.5. The fourth-order valence-corrected chi connectivity index (χ4v) is 3.90. The first-order chi connectivity index (χ1) is 19.3. The van der Waals surface area contributed by atoms with Gasteiger partial charge >= 0.3 is 0 Å². The first kappa shape index (κ1) is 30.5. The summed E-state index contributed by atoms with van der Waals surface area (Å²) in [5.74, 6) is 3.83.